The van der Waals surface area contributed by atoms with Crippen LogP contribution in [0.1, 0.15) is 39.7 Å². The van der Waals surface area contributed by atoms with Gasteiger partial charge in [0.2, 0.25) is 17.7 Å². The van der Waals surface area contributed by atoms with Crippen molar-refractivity contribution in [2.75, 3.05) is 19.7 Å². The maximum atomic E-state index is 12.7. The molecule has 188 valence electrons. The molecule has 0 radical (unpaired) electrons. The Morgan fingerprint density at radius 1 is 0.853 bits per heavy atom. The fourth-order valence-electron chi connectivity index (χ4n) is 2.76. The first-order valence-electron chi connectivity index (χ1n) is 11.1. The highest BCUT2D eigenvalue weighted by atomic mass is 16.5. The van der Waals surface area contributed by atoms with E-state index in [4.69, 9.17) is 4.74 Å². The van der Waals surface area contributed by atoms with Gasteiger partial charge in [-0.05, 0) is 31.7 Å². The lowest BCUT2D eigenvalue weighted by atomic mass is 10.0. The van der Waals surface area contributed by atoms with Crippen LogP contribution >= 0.6 is 0 Å². The largest absolute Gasteiger partial charge is 0.465 e. The number of hydrogen-bond donors (Lipinski definition) is 4. The molecule has 11 nitrogen and oxygen atoms in total. The van der Waals surface area contributed by atoms with Gasteiger partial charge in [-0.1, -0.05) is 44.2 Å². The fourth-order valence-corrected chi connectivity index (χ4v) is 2.76. The first kappa shape index (κ1) is 28.4. The second-order valence-electron chi connectivity index (χ2n) is 7.92. The average molecular weight is 479 g/mol. The molecule has 4 amide bonds. The molecule has 11 heteroatoms. The lowest BCUT2D eigenvalue weighted by Crippen LogP contribution is -2.53. The van der Waals surface area contributed by atoms with E-state index in [1.54, 1.807) is 6.92 Å². The van der Waals surface area contributed by atoms with Crippen molar-refractivity contribution in [1.82, 2.24) is 21.3 Å². The van der Waals surface area contributed by atoms with Crippen LogP contribution in [0, 0.1) is 5.92 Å². The summed E-state index contributed by atoms with van der Waals surface area (Å²) in [5, 5.41) is 9.75. The van der Waals surface area contributed by atoms with Crippen LogP contribution in [-0.2, 0) is 35.3 Å². The third-order valence-corrected chi connectivity index (χ3v) is 4.44. The Bertz CT molecular complexity index is 830. The van der Waals surface area contributed by atoms with Crippen molar-refractivity contribution in [3.63, 3.8) is 0 Å². The number of carbonyl (C=O) groups is 5. The second-order valence-corrected chi connectivity index (χ2v) is 7.92. The maximum Gasteiger partial charge on any atom is 0.408 e. The molecule has 0 saturated heterocycles. The van der Waals surface area contributed by atoms with Gasteiger partial charge < -0.3 is 30.7 Å². The molecular weight excluding hydrogens is 444 g/mol. The molecule has 1 rings (SSSR count). The minimum Gasteiger partial charge on any atom is -0.465 e. The molecule has 1 aromatic carbocycles. The molecule has 0 spiro atoms. The minimum absolute atomic E-state index is 0.0553. The van der Waals surface area contributed by atoms with Crippen LogP contribution in [0.25, 0.3) is 0 Å². The number of nitrogens with one attached hydrogen (secondary N) is 4. The van der Waals surface area contributed by atoms with Crippen LogP contribution in [0.3, 0.4) is 0 Å². The lowest BCUT2D eigenvalue weighted by molar-refractivity contribution is -0.143. The number of rotatable bonds is 13. The normalized spacial score (nSPS) is 12.1. The van der Waals surface area contributed by atoms with Crippen LogP contribution in [0.15, 0.2) is 30.3 Å². The van der Waals surface area contributed by atoms with Crippen LogP contribution in [0.2, 0.25) is 0 Å². The van der Waals surface area contributed by atoms with Gasteiger partial charge in [-0.2, -0.15) is 0 Å². The Balaban J connectivity index is 2.51. The van der Waals surface area contributed by atoms with E-state index in [-0.39, 0.29) is 32.2 Å². The predicted octanol–water partition coefficient (Wildman–Crippen LogP) is 0.628. The molecule has 0 unspecified atom stereocenters. The molecular formula is C23H34N4O7. The van der Waals surface area contributed by atoms with Gasteiger partial charge in [0.1, 0.15) is 25.2 Å². The third-order valence-electron chi connectivity index (χ3n) is 4.44. The maximum absolute atomic E-state index is 12.7. The smallest absolute Gasteiger partial charge is 0.408 e. The highest BCUT2D eigenvalue weighted by Gasteiger charge is 2.26. The highest BCUT2D eigenvalue weighted by molar-refractivity contribution is 5.93. The third kappa shape index (κ3) is 11.8. The summed E-state index contributed by atoms with van der Waals surface area (Å²) < 4.78 is 9.86. The van der Waals surface area contributed by atoms with Crippen molar-refractivity contribution < 1.29 is 33.4 Å². The highest BCUT2D eigenvalue weighted by Crippen LogP contribution is 2.07. The summed E-state index contributed by atoms with van der Waals surface area (Å²) in [5.41, 5.74) is 0.805. The lowest BCUT2D eigenvalue weighted by Gasteiger charge is -2.22. The fraction of sp³-hybridized carbons (Fsp3) is 0.522. The number of alkyl carbamates (subject to hydrolysis) is 1. The van der Waals surface area contributed by atoms with Crippen LogP contribution < -0.4 is 21.3 Å². The molecule has 0 aliphatic heterocycles. The van der Waals surface area contributed by atoms with Crippen molar-refractivity contribution in [2.24, 2.45) is 5.92 Å². The molecule has 0 heterocycles. The van der Waals surface area contributed by atoms with E-state index in [0.717, 1.165) is 5.56 Å². The number of hydrogen-bond acceptors (Lipinski definition) is 7. The van der Waals surface area contributed by atoms with Crippen molar-refractivity contribution in [1.29, 1.82) is 0 Å². The van der Waals surface area contributed by atoms with Gasteiger partial charge in [0, 0.05) is 0 Å². The molecule has 0 aliphatic carbocycles. The number of amides is 4. The van der Waals surface area contributed by atoms with E-state index in [1.807, 2.05) is 44.2 Å². The van der Waals surface area contributed by atoms with E-state index in [0.29, 0.717) is 6.42 Å². The van der Waals surface area contributed by atoms with Crippen molar-refractivity contribution in [2.45, 2.75) is 52.8 Å². The summed E-state index contributed by atoms with van der Waals surface area (Å²) in [6.45, 7) is 6.44. The first-order valence-corrected chi connectivity index (χ1v) is 11.1. The molecule has 2 atom stereocenters. The van der Waals surface area contributed by atoms with Gasteiger partial charge in [0.25, 0.3) is 0 Å². The zero-order valence-electron chi connectivity index (χ0n) is 20.0. The van der Waals surface area contributed by atoms with Crippen LogP contribution in [0.4, 0.5) is 4.79 Å². The molecule has 34 heavy (non-hydrogen) atoms. The van der Waals surface area contributed by atoms with Gasteiger partial charge >= 0.3 is 12.1 Å². The quantitative estimate of drug-likeness (QED) is 0.303. The summed E-state index contributed by atoms with van der Waals surface area (Å²) in [5.74, 6) is -2.25. The average Bonchev–Trinajstić information content (AvgIpc) is 2.79. The molecule has 0 aliphatic rings. The van der Waals surface area contributed by atoms with E-state index < -0.39 is 41.9 Å². The van der Waals surface area contributed by atoms with Crippen molar-refractivity contribution in [3.05, 3.63) is 35.9 Å². The van der Waals surface area contributed by atoms with Crippen LogP contribution in [0.5, 0.6) is 0 Å². The Kier molecular flexibility index (Phi) is 12.7. The molecule has 0 bridgehead atoms. The summed E-state index contributed by atoms with van der Waals surface area (Å²) in [6.07, 6.45) is -0.420. The van der Waals surface area contributed by atoms with Gasteiger partial charge in [-0.3, -0.25) is 19.2 Å². The topological polar surface area (TPSA) is 152 Å². The van der Waals surface area contributed by atoms with E-state index >= 15 is 0 Å². The van der Waals surface area contributed by atoms with E-state index in [9.17, 15) is 24.0 Å². The number of carbonyl (C=O) groups excluding carboxylic acids is 5. The van der Waals surface area contributed by atoms with Gasteiger partial charge in [0.15, 0.2) is 0 Å². The summed E-state index contributed by atoms with van der Waals surface area (Å²) in [4.78, 5) is 60.1. The Labute approximate surface area is 199 Å². The van der Waals surface area contributed by atoms with Crippen LogP contribution in [-0.4, -0.2) is 61.6 Å². The summed E-state index contributed by atoms with van der Waals surface area (Å²) in [7, 11) is 0. The molecule has 4 N–H and O–H groups in total. The standard InChI is InChI=1S/C23H34N4O7/c1-5-33-20(29)13-24-19(28)12-25-21(30)16(4)26-22(31)18(11-15(2)3)27-23(32)34-14-17-9-7-6-8-10-17/h6-10,15-16,18H,5,11-14H2,1-4H3,(H,24,28)(H,25,30)(H,26,31)(H,27,32)/t16-,18-/m0/s1. The monoisotopic (exact) mass is 478 g/mol. The van der Waals surface area contributed by atoms with Gasteiger partial charge in [-0.25, -0.2) is 4.79 Å². The zero-order valence-corrected chi connectivity index (χ0v) is 20.0. The Hall–Kier alpha value is -3.63. The number of esters is 1. The molecule has 1 aromatic rings. The summed E-state index contributed by atoms with van der Waals surface area (Å²) in [6, 6.07) is 7.23. The van der Waals surface area contributed by atoms with E-state index in [1.165, 1.54) is 6.92 Å². The predicted molar refractivity (Wildman–Crippen MR) is 123 cm³/mol. The van der Waals surface area contributed by atoms with Gasteiger partial charge in [-0.15, -0.1) is 0 Å². The molecule has 0 fully saturated rings. The van der Waals surface area contributed by atoms with Crippen molar-refractivity contribution >= 4 is 29.8 Å². The number of benzene rings is 1. The Morgan fingerprint density at radius 2 is 1.53 bits per heavy atom. The molecule has 0 saturated carbocycles. The number of ether oxygens (including phenoxy) is 2. The minimum atomic E-state index is -0.970. The second kappa shape index (κ2) is 15.3. The molecule has 0 aromatic heterocycles. The Morgan fingerprint density at radius 3 is 2.15 bits per heavy atom. The zero-order chi connectivity index (χ0) is 25.5. The van der Waals surface area contributed by atoms with Crippen molar-refractivity contribution in [3.8, 4) is 0 Å². The first-order chi connectivity index (χ1) is 16.1. The summed E-state index contributed by atoms with van der Waals surface area (Å²) >= 11 is 0. The SMILES string of the molecule is CCOC(=O)CNC(=O)CNC(=O)[C@H](C)NC(=O)[C@H](CC(C)C)NC(=O)OCc1ccccc1. The van der Waals surface area contributed by atoms with Gasteiger partial charge in [0.05, 0.1) is 13.2 Å². The van der Waals surface area contributed by atoms with E-state index in [2.05, 4.69) is 26.0 Å².